The van der Waals surface area contributed by atoms with E-state index in [1.54, 1.807) is 0 Å². The van der Waals surface area contributed by atoms with E-state index >= 15 is 0 Å². The lowest BCUT2D eigenvalue weighted by Gasteiger charge is -2.09. The van der Waals surface area contributed by atoms with E-state index < -0.39 is 0 Å². The van der Waals surface area contributed by atoms with E-state index in [1.165, 1.54) is 0 Å². The molecule has 0 aliphatic rings. The van der Waals surface area contributed by atoms with Crippen molar-refractivity contribution in [3.05, 3.63) is 0 Å². The molecule has 0 saturated carbocycles. The van der Waals surface area contributed by atoms with Gasteiger partial charge in [0, 0.05) is 19.6 Å². The molecule has 3 heteroatoms. The number of hydrogen-bond acceptors (Lipinski definition) is 2. The predicted octanol–water partition coefficient (Wildman–Crippen LogP) is 1.95. The molecule has 1 atom stereocenters. The largest absolute Gasteiger partial charge is 0.396 e. The third-order valence-corrected chi connectivity index (χ3v) is 2.46. The van der Waals surface area contributed by atoms with Crippen molar-refractivity contribution in [1.82, 2.24) is 5.32 Å². The molecule has 1 amide bonds. The van der Waals surface area contributed by atoms with E-state index in [0.717, 1.165) is 25.8 Å². The maximum absolute atomic E-state index is 11.3. The monoisotopic (exact) mass is 215 g/mol. The number of aliphatic hydroxyl groups is 1. The van der Waals surface area contributed by atoms with E-state index in [4.69, 9.17) is 5.11 Å². The van der Waals surface area contributed by atoms with Crippen LogP contribution < -0.4 is 5.32 Å². The van der Waals surface area contributed by atoms with Crippen molar-refractivity contribution in [3.8, 4) is 0 Å². The Morgan fingerprint density at radius 2 is 1.93 bits per heavy atom. The molecule has 0 heterocycles. The van der Waals surface area contributed by atoms with Crippen LogP contribution in [0.2, 0.25) is 0 Å². The average molecular weight is 215 g/mol. The number of rotatable bonds is 8. The van der Waals surface area contributed by atoms with Crippen LogP contribution in [0.25, 0.3) is 0 Å². The number of nitrogens with one attached hydrogen (secondary N) is 1. The van der Waals surface area contributed by atoms with Gasteiger partial charge in [0.2, 0.25) is 5.91 Å². The molecule has 15 heavy (non-hydrogen) atoms. The van der Waals surface area contributed by atoms with E-state index in [1.807, 2.05) is 6.92 Å². The van der Waals surface area contributed by atoms with Crippen LogP contribution in [-0.2, 0) is 4.79 Å². The SMILES string of the molecule is CC(C)CCC(=O)NCCCC(C)CO. The topological polar surface area (TPSA) is 49.3 Å². The molecule has 3 nitrogen and oxygen atoms in total. The summed E-state index contributed by atoms with van der Waals surface area (Å²) in [7, 11) is 0. The molecule has 0 fully saturated rings. The van der Waals surface area contributed by atoms with Crippen LogP contribution in [0.15, 0.2) is 0 Å². The summed E-state index contributed by atoms with van der Waals surface area (Å²) in [5.74, 6) is 1.09. The molecule has 0 aromatic carbocycles. The highest BCUT2D eigenvalue weighted by molar-refractivity contribution is 5.75. The molecule has 2 N–H and O–H groups in total. The van der Waals surface area contributed by atoms with Crippen LogP contribution in [0.3, 0.4) is 0 Å². The Morgan fingerprint density at radius 3 is 2.47 bits per heavy atom. The first-order chi connectivity index (χ1) is 7.06. The predicted molar refractivity (Wildman–Crippen MR) is 62.6 cm³/mol. The molecule has 0 aromatic heterocycles. The standard InChI is InChI=1S/C12H25NO2/c1-10(2)6-7-12(15)13-8-4-5-11(3)9-14/h10-11,14H,4-9H2,1-3H3,(H,13,15). The van der Waals surface area contributed by atoms with Crippen molar-refractivity contribution in [2.75, 3.05) is 13.2 Å². The Labute approximate surface area is 93.3 Å². The van der Waals surface area contributed by atoms with Crippen molar-refractivity contribution in [3.63, 3.8) is 0 Å². The van der Waals surface area contributed by atoms with Gasteiger partial charge in [0.25, 0.3) is 0 Å². The maximum Gasteiger partial charge on any atom is 0.220 e. The molecule has 0 saturated heterocycles. The number of aliphatic hydroxyl groups excluding tert-OH is 1. The van der Waals surface area contributed by atoms with Gasteiger partial charge < -0.3 is 10.4 Å². The lowest BCUT2D eigenvalue weighted by molar-refractivity contribution is -0.121. The molecule has 90 valence electrons. The van der Waals surface area contributed by atoms with Crippen LogP contribution in [0.1, 0.15) is 46.5 Å². The first-order valence-corrected chi connectivity index (χ1v) is 5.93. The van der Waals surface area contributed by atoms with E-state index in [-0.39, 0.29) is 12.5 Å². The van der Waals surface area contributed by atoms with Crippen molar-refractivity contribution >= 4 is 5.91 Å². The van der Waals surface area contributed by atoms with Crippen molar-refractivity contribution in [2.45, 2.75) is 46.5 Å². The average Bonchev–Trinajstić information content (AvgIpc) is 2.21. The zero-order valence-corrected chi connectivity index (χ0v) is 10.3. The summed E-state index contributed by atoms with van der Waals surface area (Å²) in [6.07, 6.45) is 3.52. The van der Waals surface area contributed by atoms with Gasteiger partial charge >= 0.3 is 0 Å². The minimum atomic E-state index is 0.153. The van der Waals surface area contributed by atoms with Crippen LogP contribution in [0, 0.1) is 11.8 Å². The van der Waals surface area contributed by atoms with Crippen molar-refractivity contribution < 1.29 is 9.90 Å². The summed E-state index contributed by atoms with van der Waals surface area (Å²) in [5.41, 5.74) is 0. The Balaban J connectivity index is 3.31. The fourth-order valence-corrected chi connectivity index (χ4v) is 1.28. The van der Waals surface area contributed by atoms with Gasteiger partial charge in [0.05, 0.1) is 0 Å². The molecule has 0 aromatic rings. The van der Waals surface area contributed by atoms with Gasteiger partial charge in [-0.05, 0) is 31.1 Å². The number of hydrogen-bond donors (Lipinski definition) is 2. The van der Waals surface area contributed by atoms with E-state index in [0.29, 0.717) is 18.3 Å². The molecule has 0 bridgehead atoms. The Kier molecular flexibility index (Phi) is 8.38. The molecule has 0 spiro atoms. The highest BCUT2D eigenvalue weighted by atomic mass is 16.3. The zero-order chi connectivity index (χ0) is 11.7. The van der Waals surface area contributed by atoms with Crippen LogP contribution >= 0.6 is 0 Å². The number of amides is 1. The van der Waals surface area contributed by atoms with Crippen LogP contribution in [0.5, 0.6) is 0 Å². The molecular formula is C12H25NO2. The van der Waals surface area contributed by atoms with Gasteiger partial charge in [-0.1, -0.05) is 20.8 Å². The minimum absolute atomic E-state index is 0.153. The second-order valence-corrected chi connectivity index (χ2v) is 4.71. The Bertz CT molecular complexity index is 169. The molecular weight excluding hydrogens is 190 g/mol. The van der Waals surface area contributed by atoms with Gasteiger partial charge in [-0.15, -0.1) is 0 Å². The van der Waals surface area contributed by atoms with Crippen LogP contribution in [-0.4, -0.2) is 24.2 Å². The summed E-state index contributed by atoms with van der Waals surface area (Å²) >= 11 is 0. The van der Waals surface area contributed by atoms with Gasteiger partial charge in [0.15, 0.2) is 0 Å². The first kappa shape index (κ1) is 14.4. The third-order valence-electron chi connectivity index (χ3n) is 2.46. The molecule has 1 unspecified atom stereocenters. The molecule has 0 aliphatic heterocycles. The summed E-state index contributed by atoms with van der Waals surface area (Å²) in [6.45, 7) is 7.23. The first-order valence-electron chi connectivity index (χ1n) is 5.93. The molecule has 0 rings (SSSR count). The maximum atomic E-state index is 11.3. The minimum Gasteiger partial charge on any atom is -0.396 e. The zero-order valence-electron chi connectivity index (χ0n) is 10.3. The van der Waals surface area contributed by atoms with Gasteiger partial charge in [0.1, 0.15) is 0 Å². The highest BCUT2D eigenvalue weighted by Crippen LogP contribution is 2.04. The highest BCUT2D eigenvalue weighted by Gasteiger charge is 2.03. The second-order valence-electron chi connectivity index (χ2n) is 4.71. The smallest absolute Gasteiger partial charge is 0.220 e. The Hall–Kier alpha value is -0.570. The van der Waals surface area contributed by atoms with E-state index in [9.17, 15) is 4.79 Å². The van der Waals surface area contributed by atoms with Gasteiger partial charge in [-0.3, -0.25) is 4.79 Å². The third kappa shape index (κ3) is 9.73. The van der Waals surface area contributed by atoms with Crippen molar-refractivity contribution in [1.29, 1.82) is 0 Å². The fourth-order valence-electron chi connectivity index (χ4n) is 1.28. The lowest BCUT2D eigenvalue weighted by Crippen LogP contribution is -2.24. The van der Waals surface area contributed by atoms with E-state index in [2.05, 4.69) is 19.2 Å². The van der Waals surface area contributed by atoms with Crippen molar-refractivity contribution in [2.24, 2.45) is 11.8 Å². The summed E-state index contributed by atoms with van der Waals surface area (Å²) in [5, 5.41) is 11.7. The number of carbonyl (C=O) groups is 1. The summed E-state index contributed by atoms with van der Waals surface area (Å²) in [4.78, 5) is 11.3. The summed E-state index contributed by atoms with van der Waals surface area (Å²) in [6, 6.07) is 0. The normalized spacial score (nSPS) is 12.9. The molecule has 0 radical (unpaired) electrons. The van der Waals surface area contributed by atoms with Crippen LogP contribution in [0.4, 0.5) is 0 Å². The number of carbonyl (C=O) groups excluding carboxylic acids is 1. The fraction of sp³-hybridized carbons (Fsp3) is 0.917. The summed E-state index contributed by atoms with van der Waals surface area (Å²) < 4.78 is 0. The van der Waals surface area contributed by atoms with Gasteiger partial charge in [-0.2, -0.15) is 0 Å². The molecule has 0 aliphatic carbocycles. The second kappa shape index (κ2) is 8.72. The Morgan fingerprint density at radius 1 is 1.27 bits per heavy atom. The lowest BCUT2D eigenvalue weighted by atomic mass is 10.1. The van der Waals surface area contributed by atoms with Gasteiger partial charge in [-0.25, -0.2) is 0 Å². The quantitative estimate of drug-likeness (QED) is 0.608.